The zero-order valence-electron chi connectivity index (χ0n) is 15.6. The number of amides is 1. The smallest absolute Gasteiger partial charge is 0.256 e. The van der Waals surface area contributed by atoms with Gasteiger partial charge in [-0.05, 0) is 37.1 Å². The van der Waals surface area contributed by atoms with Gasteiger partial charge in [0.1, 0.15) is 22.9 Å². The molecule has 1 amide bonds. The van der Waals surface area contributed by atoms with Crippen LogP contribution < -0.4 is 15.0 Å². The van der Waals surface area contributed by atoms with Gasteiger partial charge >= 0.3 is 0 Å². The van der Waals surface area contributed by atoms with Gasteiger partial charge in [-0.3, -0.25) is 4.79 Å². The first-order valence-corrected chi connectivity index (χ1v) is 9.60. The van der Waals surface area contributed by atoms with Crippen LogP contribution in [0.3, 0.4) is 0 Å². The van der Waals surface area contributed by atoms with Crippen molar-refractivity contribution in [2.75, 3.05) is 24.6 Å². The van der Waals surface area contributed by atoms with E-state index in [1.807, 2.05) is 4.90 Å². The van der Waals surface area contributed by atoms with Gasteiger partial charge in [-0.2, -0.15) is 5.10 Å². The fraction of sp³-hybridized carbons (Fsp3) is 0.350. The van der Waals surface area contributed by atoms with Crippen molar-refractivity contribution in [2.45, 2.75) is 25.0 Å². The molecule has 0 radical (unpaired) electrons. The molecule has 4 heterocycles. The van der Waals surface area contributed by atoms with E-state index in [1.54, 1.807) is 22.8 Å². The fourth-order valence-electron chi connectivity index (χ4n) is 4.00. The average Bonchev–Trinajstić information content (AvgIpc) is 3.31. The van der Waals surface area contributed by atoms with E-state index in [1.165, 1.54) is 18.3 Å². The number of nitrogens with zero attached hydrogens (tertiary/aromatic N) is 4. The Morgan fingerprint density at radius 1 is 1.31 bits per heavy atom. The van der Waals surface area contributed by atoms with Gasteiger partial charge in [-0.15, -0.1) is 0 Å². The van der Waals surface area contributed by atoms with Gasteiger partial charge in [0.25, 0.3) is 5.91 Å². The summed E-state index contributed by atoms with van der Waals surface area (Å²) in [6.45, 7) is 1.15. The van der Waals surface area contributed by atoms with Crippen LogP contribution in [0.4, 0.5) is 10.2 Å². The van der Waals surface area contributed by atoms with Crippen LogP contribution in [0.15, 0.2) is 36.7 Å². The molecule has 1 saturated heterocycles. The van der Waals surface area contributed by atoms with Crippen molar-refractivity contribution < 1.29 is 19.0 Å². The second kappa shape index (κ2) is 7.00. The molecule has 2 atom stereocenters. The van der Waals surface area contributed by atoms with E-state index in [0.717, 1.165) is 0 Å². The summed E-state index contributed by atoms with van der Waals surface area (Å²) in [7, 11) is 0. The highest BCUT2D eigenvalue weighted by molar-refractivity contribution is 5.99. The molecule has 0 aliphatic carbocycles. The minimum Gasteiger partial charge on any atom is -0.493 e. The van der Waals surface area contributed by atoms with E-state index in [2.05, 4.69) is 15.4 Å². The van der Waals surface area contributed by atoms with E-state index in [0.29, 0.717) is 60.9 Å². The second-order valence-electron chi connectivity index (χ2n) is 7.31. The van der Waals surface area contributed by atoms with E-state index in [4.69, 9.17) is 4.74 Å². The summed E-state index contributed by atoms with van der Waals surface area (Å²) in [5.74, 6) is 0.552. The van der Waals surface area contributed by atoms with Gasteiger partial charge in [-0.1, -0.05) is 0 Å². The molecule has 150 valence electrons. The first-order chi connectivity index (χ1) is 14.1. The van der Waals surface area contributed by atoms with Gasteiger partial charge < -0.3 is 20.1 Å². The molecule has 2 aromatic heterocycles. The van der Waals surface area contributed by atoms with Crippen molar-refractivity contribution in [2.24, 2.45) is 0 Å². The minimum absolute atomic E-state index is 0.248. The molecule has 1 fully saturated rings. The summed E-state index contributed by atoms with van der Waals surface area (Å²) >= 11 is 0. The number of aliphatic hydroxyl groups excluding tert-OH is 1. The number of carbonyl (C=O) groups excluding carboxylic acids is 1. The van der Waals surface area contributed by atoms with Crippen LogP contribution in [-0.2, 0) is 0 Å². The quantitative estimate of drug-likeness (QED) is 0.600. The number of benzene rings is 1. The molecule has 29 heavy (non-hydrogen) atoms. The lowest BCUT2D eigenvalue weighted by atomic mass is 10.0. The lowest BCUT2D eigenvalue weighted by molar-refractivity contribution is 0.0953. The molecule has 0 saturated carbocycles. The molecule has 0 spiro atoms. The van der Waals surface area contributed by atoms with E-state index < -0.39 is 6.10 Å². The number of hydrogen-bond acceptors (Lipinski definition) is 6. The molecule has 2 aliphatic rings. The third-order valence-corrected chi connectivity index (χ3v) is 5.37. The molecule has 2 N–H and O–H groups in total. The summed E-state index contributed by atoms with van der Waals surface area (Å²) in [4.78, 5) is 19.1. The zero-order valence-corrected chi connectivity index (χ0v) is 15.6. The third-order valence-electron chi connectivity index (χ3n) is 5.37. The maximum Gasteiger partial charge on any atom is 0.256 e. The van der Waals surface area contributed by atoms with Crippen LogP contribution in [-0.4, -0.2) is 51.4 Å². The van der Waals surface area contributed by atoms with Crippen LogP contribution in [0.1, 0.15) is 34.8 Å². The normalized spacial score (nSPS) is 22.0. The summed E-state index contributed by atoms with van der Waals surface area (Å²) in [5, 5.41) is 17.4. The number of aliphatic hydroxyl groups is 1. The second-order valence-corrected chi connectivity index (χ2v) is 7.31. The maximum absolute atomic E-state index is 14.1. The largest absolute Gasteiger partial charge is 0.493 e. The molecule has 3 aromatic rings. The molecule has 1 aromatic carbocycles. The molecule has 8 nitrogen and oxygen atoms in total. The predicted molar refractivity (Wildman–Crippen MR) is 103 cm³/mol. The van der Waals surface area contributed by atoms with Gasteiger partial charge in [0.05, 0.1) is 24.9 Å². The van der Waals surface area contributed by atoms with Crippen molar-refractivity contribution in [1.29, 1.82) is 0 Å². The lowest BCUT2D eigenvalue weighted by Gasteiger charge is -2.27. The average molecular weight is 397 g/mol. The Morgan fingerprint density at radius 2 is 2.21 bits per heavy atom. The number of fused-ring (bicyclic) bond motifs is 5. The number of anilines is 1. The van der Waals surface area contributed by atoms with E-state index in [9.17, 15) is 14.3 Å². The highest BCUT2D eigenvalue weighted by Gasteiger charge is 2.35. The number of aromatic nitrogens is 3. The Labute approximate surface area is 165 Å². The summed E-state index contributed by atoms with van der Waals surface area (Å²) in [6, 6.07) is 5.92. The van der Waals surface area contributed by atoms with Crippen molar-refractivity contribution in [3.8, 4) is 5.75 Å². The Morgan fingerprint density at radius 3 is 3.10 bits per heavy atom. The molecule has 2 aliphatic heterocycles. The number of hydrogen-bond donors (Lipinski definition) is 2. The van der Waals surface area contributed by atoms with Crippen LogP contribution in [0.25, 0.3) is 5.65 Å². The van der Waals surface area contributed by atoms with E-state index in [-0.39, 0.29) is 17.8 Å². The van der Waals surface area contributed by atoms with E-state index >= 15 is 0 Å². The maximum atomic E-state index is 14.1. The Hall–Kier alpha value is -3.20. The number of nitrogens with one attached hydrogen (secondary N) is 1. The van der Waals surface area contributed by atoms with Crippen molar-refractivity contribution in [3.05, 3.63) is 53.6 Å². The summed E-state index contributed by atoms with van der Waals surface area (Å²) in [5.41, 5.74) is 1.50. The SMILES string of the molecule is O=C1NCCCOc2ccc(F)cc2[C@@H]2CC(O)CN2c2ccn3ncc1c3n2. The number of halogens is 1. The van der Waals surface area contributed by atoms with Crippen LogP contribution in [0.5, 0.6) is 5.75 Å². The molecule has 5 rings (SSSR count). The van der Waals surface area contributed by atoms with Gasteiger partial charge in [0.15, 0.2) is 5.65 Å². The summed E-state index contributed by atoms with van der Waals surface area (Å²) < 4.78 is 21.5. The van der Waals surface area contributed by atoms with Crippen LogP contribution >= 0.6 is 0 Å². The summed E-state index contributed by atoms with van der Waals surface area (Å²) in [6.07, 6.45) is 3.66. The lowest BCUT2D eigenvalue weighted by Crippen LogP contribution is -2.28. The topological polar surface area (TPSA) is 92.0 Å². The van der Waals surface area contributed by atoms with Crippen molar-refractivity contribution in [3.63, 3.8) is 0 Å². The molecular formula is C20H20FN5O3. The Balaban J connectivity index is 1.66. The molecular weight excluding hydrogens is 377 g/mol. The van der Waals surface area contributed by atoms with Gasteiger partial charge in [-0.25, -0.2) is 13.9 Å². The first-order valence-electron chi connectivity index (χ1n) is 9.60. The Bertz CT molecular complexity index is 1090. The predicted octanol–water partition coefficient (Wildman–Crippen LogP) is 1.69. The van der Waals surface area contributed by atoms with Crippen molar-refractivity contribution >= 4 is 17.4 Å². The molecule has 9 heteroatoms. The number of ether oxygens (including phenoxy) is 1. The van der Waals surface area contributed by atoms with Crippen LogP contribution in [0.2, 0.25) is 0 Å². The highest BCUT2D eigenvalue weighted by atomic mass is 19.1. The first kappa shape index (κ1) is 17.9. The number of rotatable bonds is 0. The van der Waals surface area contributed by atoms with Gasteiger partial charge in [0, 0.05) is 24.8 Å². The number of carbonyl (C=O) groups is 1. The van der Waals surface area contributed by atoms with Gasteiger partial charge in [0.2, 0.25) is 0 Å². The minimum atomic E-state index is -0.586. The van der Waals surface area contributed by atoms with Crippen molar-refractivity contribution in [1.82, 2.24) is 19.9 Å². The Kier molecular flexibility index (Phi) is 4.31. The highest BCUT2D eigenvalue weighted by Crippen LogP contribution is 2.40. The zero-order chi connectivity index (χ0) is 20.0. The molecule has 2 bridgehead atoms. The monoisotopic (exact) mass is 397 g/mol. The standard InChI is InChI=1S/C20H20FN5O3/c21-12-2-3-17-14(8-12)16-9-13(27)11-25(16)18-4-6-26-19(24-18)15(10-23-26)20(28)22-5-1-7-29-17/h2-4,6,8,10,13,16,27H,1,5,7,9,11H2,(H,22,28)/t13?,16-/m0/s1. The fourth-order valence-corrected chi connectivity index (χ4v) is 4.00. The molecule has 1 unspecified atom stereocenters. The third kappa shape index (κ3) is 3.17. The van der Waals surface area contributed by atoms with Crippen LogP contribution in [0, 0.1) is 5.82 Å².